The zero-order chi connectivity index (χ0) is 11.6. The van der Waals surface area contributed by atoms with E-state index in [9.17, 15) is 9.36 Å². The molecule has 0 rings (SSSR count). The molecule has 0 aliphatic heterocycles. The second-order valence-electron chi connectivity index (χ2n) is 4.16. The van der Waals surface area contributed by atoms with Crippen molar-refractivity contribution in [3.63, 3.8) is 0 Å². The van der Waals surface area contributed by atoms with Gasteiger partial charge >= 0.3 is 13.6 Å². The van der Waals surface area contributed by atoms with E-state index in [-0.39, 0.29) is 0 Å². The van der Waals surface area contributed by atoms with Gasteiger partial charge in [0.15, 0.2) is 0 Å². The molecular weight excluding hydrogens is 225 g/mol. The van der Waals surface area contributed by atoms with Gasteiger partial charge in [-0.2, -0.15) is 0 Å². The number of carbonyl (C=O) groups is 1. The van der Waals surface area contributed by atoms with Crippen molar-refractivity contribution in [3.05, 3.63) is 0 Å². The molecule has 0 saturated heterocycles. The molecule has 0 aromatic rings. The Bertz CT molecular complexity index is 257. The van der Waals surface area contributed by atoms with Crippen LogP contribution in [0.4, 0.5) is 0 Å². The number of aliphatic carboxylic acids is 1. The molecule has 0 aromatic carbocycles. The summed E-state index contributed by atoms with van der Waals surface area (Å²) < 4.78 is 10.5. The highest BCUT2D eigenvalue weighted by atomic mass is 31.2. The summed E-state index contributed by atoms with van der Waals surface area (Å²) in [5, 5.41) is 11.2. The molecule has 0 aromatic heterocycles. The molecule has 0 heterocycles. The smallest absolute Gasteiger partial charge is 0.339 e. The molecule has 0 saturated carbocycles. The lowest BCUT2D eigenvalue weighted by Gasteiger charge is -2.26. The molecule has 0 aliphatic rings. The predicted octanol–water partition coefficient (Wildman–Crippen LogP) is 0.0418. The lowest BCUT2D eigenvalue weighted by Crippen LogP contribution is -2.54. The van der Waals surface area contributed by atoms with Crippen molar-refractivity contribution >= 4 is 21.6 Å². The first-order valence-electron chi connectivity index (χ1n) is 4.05. The van der Waals surface area contributed by atoms with Crippen molar-refractivity contribution in [2.75, 3.05) is 6.29 Å². The fraction of sp³-hybridized carbons (Fsp3) is 0.833. The van der Waals surface area contributed by atoms with Gasteiger partial charge in [0.25, 0.3) is 0 Å². The van der Waals surface area contributed by atoms with Crippen LogP contribution in [0.5, 0.6) is 0 Å². The van der Waals surface area contributed by atoms with Gasteiger partial charge in [-0.3, -0.25) is 14.7 Å². The van der Waals surface area contributed by atoms with E-state index in [1.807, 2.05) is 19.6 Å². The predicted molar refractivity (Wildman–Crippen MR) is 54.8 cm³/mol. The Kier molecular flexibility index (Phi) is 4.48. The molecule has 14 heavy (non-hydrogen) atoms. The van der Waals surface area contributed by atoms with E-state index in [1.165, 1.54) is 0 Å². The number of rotatable bonds is 5. The van der Waals surface area contributed by atoms with E-state index >= 15 is 0 Å². The van der Waals surface area contributed by atoms with Gasteiger partial charge in [-0.1, -0.05) is 19.6 Å². The zero-order valence-electron chi connectivity index (χ0n) is 8.39. The highest BCUT2D eigenvalue weighted by molar-refractivity contribution is 7.51. The number of nitrogens with one attached hydrogen (secondary N) is 1. The Morgan fingerprint density at radius 3 is 2.07 bits per heavy atom. The van der Waals surface area contributed by atoms with E-state index < -0.39 is 33.6 Å². The van der Waals surface area contributed by atoms with E-state index in [4.69, 9.17) is 14.9 Å². The lowest BCUT2D eigenvalue weighted by molar-refractivity contribution is -0.137. The van der Waals surface area contributed by atoms with Crippen LogP contribution in [0.15, 0.2) is 0 Å². The first-order valence-corrected chi connectivity index (χ1v) is 9.42. The molecule has 8 heteroatoms. The second kappa shape index (κ2) is 4.54. The van der Waals surface area contributed by atoms with Crippen molar-refractivity contribution < 1.29 is 24.3 Å². The molecule has 6 nitrogen and oxygen atoms in total. The summed E-state index contributed by atoms with van der Waals surface area (Å²) in [4.78, 5) is 28.0. The largest absolute Gasteiger partial charge is 0.480 e. The van der Waals surface area contributed by atoms with Crippen LogP contribution >= 0.6 is 7.60 Å². The summed E-state index contributed by atoms with van der Waals surface area (Å²) in [6.07, 6.45) is -0.589. The first kappa shape index (κ1) is 13.8. The Balaban J connectivity index is 4.42. The Morgan fingerprint density at radius 2 is 1.86 bits per heavy atom. The quantitative estimate of drug-likeness (QED) is 0.400. The standard InChI is InChI=1S/C6H16NO5PSi/c1-14(2,3)5(6(8)9)7-4-13(10,11)12/h5,7H,4H2,1-3H3,(H,8,9)(H2,10,11,12). The molecule has 1 atom stereocenters. The molecule has 0 bridgehead atoms. The fourth-order valence-corrected chi connectivity index (χ4v) is 3.02. The first-order chi connectivity index (χ1) is 6.04. The van der Waals surface area contributed by atoms with Crippen molar-refractivity contribution in [1.29, 1.82) is 0 Å². The van der Waals surface area contributed by atoms with Crippen LogP contribution in [-0.2, 0) is 9.36 Å². The molecule has 0 amide bonds. The second-order valence-corrected chi connectivity index (χ2v) is 11.1. The van der Waals surface area contributed by atoms with E-state index in [0.29, 0.717) is 0 Å². The van der Waals surface area contributed by atoms with Crippen molar-refractivity contribution in [1.82, 2.24) is 5.32 Å². The summed E-state index contributed by atoms with van der Waals surface area (Å²) >= 11 is 0. The maximum atomic E-state index is 10.8. The highest BCUT2D eigenvalue weighted by Crippen LogP contribution is 2.32. The Morgan fingerprint density at radius 1 is 1.43 bits per heavy atom. The molecule has 0 fully saturated rings. The van der Waals surface area contributed by atoms with E-state index in [2.05, 4.69) is 5.32 Å². The van der Waals surface area contributed by atoms with E-state index in [1.54, 1.807) is 0 Å². The van der Waals surface area contributed by atoms with Crippen LogP contribution in [0.25, 0.3) is 0 Å². The summed E-state index contributed by atoms with van der Waals surface area (Å²) in [7, 11) is -6.18. The Hall–Kier alpha value is -0.203. The minimum Gasteiger partial charge on any atom is -0.480 e. The number of carboxylic acids is 1. The SMILES string of the molecule is C[Si](C)(C)C(NCP(=O)(O)O)C(=O)O. The minimum absolute atomic E-state index is 0.589. The van der Waals surface area contributed by atoms with Crippen LogP contribution in [0, 0.1) is 0 Å². The van der Waals surface area contributed by atoms with Crippen molar-refractivity contribution in [2.24, 2.45) is 0 Å². The summed E-state index contributed by atoms with van der Waals surface area (Å²) in [5.74, 6) is -1.06. The summed E-state index contributed by atoms with van der Waals surface area (Å²) in [6.45, 7) is 5.45. The Labute approximate surface area is 83.5 Å². The van der Waals surface area contributed by atoms with Gasteiger partial charge in [-0.25, -0.2) is 0 Å². The average molecular weight is 241 g/mol. The molecular formula is C6H16NO5PSi. The minimum atomic E-state index is -4.18. The van der Waals surface area contributed by atoms with Gasteiger partial charge in [0.1, 0.15) is 0 Å². The monoisotopic (exact) mass is 241 g/mol. The maximum absolute atomic E-state index is 10.8. The number of carboxylic acid groups (broad SMARTS) is 1. The third kappa shape index (κ3) is 5.51. The van der Waals surface area contributed by atoms with Gasteiger partial charge in [-0.05, 0) is 0 Å². The van der Waals surface area contributed by atoms with Crippen LogP contribution in [0.3, 0.4) is 0 Å². The number of hydrogen-bond donors (Lipinski definition) is 4. The molecule has 1 unspecified atom stereocenters. The molecule has 0 aliphatic carbocycles. The molecule has 4 N–H and O–H groups in total. The van der Waals surface area contributed by atoms with Crippen LogP contribution < -0.4 is 5.32 Å². The summed E-state index contributed by atoms with van der Waals surface area (Å²) in [6, 6.07) is 0. The van der Waals surface area contributed by atoms with Gasteiger partial charge in [0.05, 0.1) is 20.0 Å². The normalized spacial score (nSPS) is 15.2. The highest BCUT2D eigenvalue weighted by Gasteiger charge is 2.33. The maximum Gasteiger partial charge on any atom is 0.339 e. The van der Waals surface area contributed by atoms with Gasteiger partial charge in [0.2, 0.25) is 0 Å². The molecule has 84 valence electrons. The van der Waals surface area contributed by atoms with Crippen molar-refractivity contribution in [3.8, 4) is 0 Å². The van der Waals surface area contributed by atoms with Crippen LogP contribution in [0.1, 0.15) is 0 Å². The average Bonchev–Trinajstić information content (AvgIpc) is 1.79. The van der Waals surface area contributed by atoms with E-state index in [0.717, 1.165) is 0 Å². The third-order valence-electron chi connectivity index (χ3n) is 1.61. The molecule has 0 spiro atoms. The van der Waals surface area contributed by atoms with Gasteiger partial charge in [0, 0.05) is 0 Å². The van der Waals surface area contributed by atoms with Gasteiger partial charge in [-0.15, -0.1) is 0 Å². The lowest BCUT2D eigenvalue weighted by atomic mass is 10.6. The zero-order valence-corrected chi connectivity index (χ0v) is 10.3. The van der Waals surface area contributed by atoms with Gasteiger partial charge < -0.3 is 14.9 Å². The third-order valence-corrected chi connectivity index (χ3v) is 4.39. The fourth-order valence-electron chi connectivity index (χ4n) is 0.974. The topological polar surface area (TPSA) is 107 Å². The summed E-state index contributed by atoms with van der Waals surface area (Å²) in [5.41, 5.74) is -0.838. The van der Waals surface area contributed by atoms with Crippen LogP contribution in [-0.4, -0.2) is 40.9 Å². The number of hydrogen-bond acceptors (Lipinski definition) is 3. The van der Waals surface area contributed by atoms with Crippen molar-refractivity contribution in [2.45, 2.75) is 25.3 Å². The molecule has 0 radical (unpaired) electrons. The van der Waals surface area contributed by atoms with Crippen LogP contribution in [0.2, 0.25) is 19.6 Å².